The van der Waals surface area contributed by atoms with E-state index in [2.05, 4.69) is 0 Å². The summed E-state index contributed by atoms with van der Waals surface area (Å²) in [5.74, 6) is 0.975. The Labute approximate surface area is 95.5 Å². The molecule has 0 amide bonds. The number of rotatable bonds is 0. The van der Waals surface area contributed by atoms with Crippen molar-refractivity contribution in [3.63, 3.8) is 0 Å². The molecule has 0 unspecified atom stereocenters. The molecule has 13 heavy (non-hydrogen) atoms. The molecular weight excluding hydrogens is 264 g/mol. The van der Waals surface area contributed by atoms with E-state index in [9.17, 15) is 9.32 Å². The summed E-state index contributed by atoms with van der Waals surface area (Å²) >= 11 is 9.51. The van der Waals surface area contributed by atoms with Crippen molar-refractivity contribution in [1.29, 1.82) is 0 Å². The lowest BCUT2D eigenvalue weighted by Gasteiger charge is -2.01. The second kappa shape index (κ2) is 4.08. The van der Waals surface area contributed by atoms with Crippen LogP contribution in [0, 0.1) is 3.14 Å². The van der Waals surface area contributed by atoms with Crippen molar-refractivity contribution in [3.8, 4) is 0 Å². The zero-order valence-corrected chi connectivity index (χ0v) is 10.5. The first kappa shape index (κ1) is 10.3. The first-order chi connectivity index (χ1) is 6.16. The van der Waals surface area contributed by atoms with Gasteiger partial charge >= 0.3 is 0 Å². The second-order valence-corrected chi connectivity index (χ2v) is 8.71. The van der Waals surface area contributed by atoms with Gasteiger partial charge < -0.3 is 5.11 Å². The number of hydrogen-bond acceptors (Lipinski definition) is 6. The topological polar surface area (TPSA) is 37.3 Å². The normalized spacial score (nSPS) is 28.1. The lowest BCUT2D eigenvalue weighted by molar-refractivity contribution is 0.224. The van der Waals surface area contributed by atoms with Crippen LogP contribution < -0.4 is 0 Å². The lowest BCUT2D eigenvalue weighted by Crippen LogP contribution is -2.16. The predicted octanol–water partition coefficient (Wildman–Crippen LogP) is 2.11. The summed E-state index contributed by atoms with van der Waals surface area (Å²) < 4.78 is 14.3. The maximum Gasteiger partial charge on any atom is 0.145 e. The fourth-order valence-corrected chi connectivity index (χ4v) is 7.68. The Balaban J connectivity index is 2.44. The van der Waals surface area contributed by atoms with Crippen LogP contribution in [0.15, 0.2) is 8.42 Å². The molecule has 0 aromatic carbocycles. The molecule has 2 nitrogen and oxygen atoms in total. The molecule has 2 rings (SSSR count). The van der Waals surface area contributed by atoms with Gasteiger partial charge in [0.1, 0.15) is 7.35 Å². The smallest absolute Gasteiger partial charge is 0.145 e. The molecule has 0 fully saturated rings. The third kappa shape index (κ3) is 2.21. The molecule has 0 saturated carbocycles. The minimum absolute atomic E-state index is 0.349. The molecule has 1 aliphatic heterocycles. The van der Waals surface area contributed by atoms with Crippen LogP contribution in [0.1, 0.15) is 0 Å². The zero-order valence-electron chi connectivity index (χ0n) is 6.39. The number of aliphatic hydroxyl groups excluding tert-OH is 1. The van der Waals surface area contributed by atoms with Gasteiger partial charge in [-0.25, -0.2) is 0 Å². The van der Waals surface area contributed by atoms with E-state index in [4.69, 9.17) is 12.2 Å². The van der Waals surface area contributed by atoms with Crippen molar-refractivity contribution >= 4 is 57.5 Å². The minimum atomic E-state index is -1.05. The lowest BCUT2D eigenvalue weighted by atomic mass is 10.5. The van der Waals surface area contributed by atoms with E-state index in [1.165, 1.54) is 22.7 Å². The molecule has 1 N–H and O–H groups in total. The number of fused-ring (bicyclic) bond motifs is 1. The average Bonchev–Trinajstić information content (AvgIpc) is 2.38. The molecule has 0 aliphatic carbocycles. The summed E-state index contributed by atoms with van der Waals surface area (Å²) in [5, 5.41) is 9.39. The standard InChI is InChI=1S/C6H6O2S5/c7-3-1-10-4-5(13(8)2-3)12-6(9)11-4/h3,7H,1-2H2/t3-,13-/m1/s1. The predicted molar refractivity (Wildman–Crippen MR) is 61.0 cm³/mol. The summed E-state index contributed by atoms with van der Waals surface area (Å²) in [5.41, 5.74) is 0. The van der Waals surface area contributed by atoms with E-state index in [0.717, 1.165) is 11.6 Å². The molecular formula is C6H6O2S5. The van der Waals surface area contributed by atoms with Crippen molar-refractivity contribution in [3.05, 3.63) is 3.14 Å². The van der Waals surface area contributed by atoms with Crippen LogP contribution in [-0.2, 0) is 10.8 Å². The third-order valence-electron chi connectivity index (χ3n) is 1.48. The van der Waals surface area contributed by atoms with Crippen molar-refractivity contribution in [1.82, 2.24) is 0 Å². The van der Waals surface area contributed by atoms with Crippen LogP contribution in [0.25, 0.3) is 0 Å². The second-order valence-electron chi connectivity index (χ2n) is 2.51. The average molecular weight is 270 g/mol. The van der Waals surface area contributed by atoms with Gasteiger partial charge in [0, 0.05) is 5.75 Å². The molecule has 0 spiro atoms. The first-order valence-corrected chi connectivity index (χ1v) is 7.84. The highest BCUT2D eigenvalue weighted by atomic mass is 32.2. The molecule has 1 aromatic heterocycles. The zero-order chi connectivity index (χ0) is 9.42. The molecule has 0 bridgehead atoms. The summed E-state index contributed by atoms with van der Waals surface area (Å²) in [6.45, 7) is 0. The fourth-order valence-electron chi connectivity index (χ4n) is 0.954. The van der Waals surface area contributed by atoms with Crippen molar-refractivity contribution in [2.45, 2.75) is 14.5 Å². The van der Waals surface area contributed by atoms with Crippen molar-refractivity contribution < 1.29 is 9.32 Å². The summed E-state index contributed by atoms with van der Waals surface area (Å²) in [4.78, 5) is 0. The van der Waals surface area contributed by atoms with Gasteiger partial charge in [0.05, 0.1) is 26.9 Å². The molecule has 0 radical (unpaired) electrons. The van der Waals surface area contributed by atoms with E-state index in [1.54, 1.807) is 11.8 Å². The van der Waals surface area contributed by atoms with Gasteiger partial charge in [-0.2, -0.15) is 0 Å². The van der Waals surface area contributed by atoms with Gasteiger partial charge in [0.25, 0.3) is 0 Å². The van der Waals surface area contributed by atoms with Crippen molar-refractivity contribution in [2.75, 3.05) is 11.5 Å². The summed E-state index contributed by atoms with van der Waals surface area (Å²) in [7, 11) is -1.05. The molecule has 2 atom stereocenters. The van der Waals surface area contributed by atoms with E-state index < -0.39 is 16.9 Å². The highest BCUT2D eigenvalue weighted by molar-refractivity contribution is 8.02. The number of aliphatic hydroxyl groups is 1. The van der Waals surface area contributed by atoms with Crippen LogP contribution in [0.4, 0.5) is 0 Å². The van der Waals surface area contributed by atoms with Gasteiger partial charge in [0.2, 0.25) is 0 Å². The van der Waals surface area contributed by atoms with E-state index >= 15 is 0 Å². The summed E-state index contributed by atoms with van der Waals surface area (Å²) in [6.07, 6.45) is -0.453. The number of hydrogen-bond donors (Lipinski definition) is 1. The quantitative estimate of drug-likeness (QED) is 0.733. The van der Waals surface area contributed by atoms with Crippen LogP contribution in [0.2, 0.25) is 0 Å². The van der Waals surface area contributed by atoms with E-state index in [-0.39, 0.29) is 0 Å². The summed E-state index contributed by atoms with van der Waals surface area (Å²) in [6, 6.07) is 0. The van der Waals surface area contributed by atoms with Gasteiger partial charge in [-0.15, -0.1) is 34.4 Å². The largest absolute Gasteiger partial charge is 0.391 e. The molecule has 72 valence electrons. The Morgan fingerprint density at radius 1 is 1.54 bits per heavy atom. The Morgan fingerprint density at radius 2 is 2.31 bits per heavy atom. The highest BCUT2D eigenvalue weighted by Crippen LogP contribution is 2.38. The van der Waals surface area contributed by atoms with Gasteiger partial charge in [0.15, 0.2) is 0 Å². The number of thioether (sulfide) groups is 1. The van der Waals surface area contributed by atoms with Crippen LogP contribution in [0.3, 0.4) is 0 Å². The van der Waals surface area contributed by atoms with Gasteiger partial charge in [-0.1, -0.05) is 12.2 Å². The third-order valence-corrected chi connectivity index (χ3v) is 7.84. The Morgan fingerprint density at radius 3 is 3.08 bits per heavy atom. The molecule has 7 heteroatoms. The molecule has 0 saturated heterocycles. The molecule has 2 heterocycles. The van der Waals surface area contributed by atoms with E-state index in [0.29, 0.717) is 11.5 Å². The van der Waals surface area contributed by atoms with Crippen molar-refractivity contribution in [2.24, 2.45) is 0 Å². The Kier molecular flexibility index (Phi) is 3.22. The fraction of sp³-hybridized carbons (Fsp3) is 0.500. The first-order valence-electron chi connectivity index (χ1n) is 3.50. The Hall–Kier alpha value is 0.730. The van der Waals surface area contributed by atoms with Gasteiger partial charge in [-0.05, 0) is 0 Å². The van der Waals surface area contributed by atoms with E-state index in [1.807, 2.05) is 0 Å². The highest BCUT2D eigenvalue weighted by Gasteiger charge is 2.22. The van der Waals surface area contributed by atoms with Crippen LogP contribution >= 0.6 is 46.7 Å². The van der Waals surface area contributed by atoms with Gasteiger partial charge in [-0.3, -0.25) is 4.21 Å². The Bertz CT molecular complexity index is 392. The SMILES string of the molecule is O=[S@@]1C[C@H](O)CSc2sc(=S)sc21. The van der Waals surface area contributed by atoms with Crippen LogP contribution in [0.5, 0.6) is 0 Å². The molecule has 1 aromatic rings. The molecule has 1 aliphatic rings. The maximum absolute atomic E-state index is 11.6. The monoisotopic (exact) mass is 270 g/mol. The maximum atomic E-state index is 11.6. The minimum Gasteiger partial charge on any atom is -0.391 e. The van der Waals surface area contributed by atoms with Crippen LogP contribution in [-0.4, -0.2) is 26.9 Å².